The number of rotatable bonds is 5. The van der Waals surface area contributed by atoms with Crippen molar-refractivity contribution in [3.05, 3.63) is 36.7 Å². The van der Waals surface area contributed by atoms with Gasteiger partial charge in [0.05, 0.1) is 11.9 Å². The van der Waals surface area contributed by atoms with Crippen molar-refractivity contribution in [2.45, 2.75) is 25.7 Å². The van der Waals surface area contributed by atoms with Gasteiger partial charge in [-0.3, -0.25) is 9.48 Å². The van der Waals surface area contributed by atoms with Gasteiger partial charge in [0, 0.05) is 31.0 Å². The molecule has 1 aliphatic rings. The Morgan fingerprint density at radius 1 is 1.33 bits per heavy atom. The predicted octanol–water partition coefficient (Wildman–Crippen LogP) is 3.29. The maximum absolute atomic E-state index is 11.9. The summed E-state index contributed by atoms with van der Waals surface area (Å²) in [5.74, 6) is 0.694. The van der Waals surface area contributed by atoms with Crippen LogP contribution >= 0.6 is 0 Å². The summed E-state index contributed by atoms with van der Waals surface area (Å²) < 4.78 is 1.74. The van der Waals surface area contributed by atoms with Gasteiger partial charge in [0.2, 0.25) is 5.91 Å². The smallest absolute Gasteiger partial charge is 0.224 e. The lowest BCUT2D eigenvalue weighted by atomic mass is 9.83. The Morgan fingerprint density at radius 3 is 2.81 bits per heavy atom. The molecule has 1 fully saturated rings. The first kappa shape index (κ1) is 13.7. The van der Waals surface area contributed by atoms with Crippen molar-refractivity contribution < 1.29 is 4.79 Å². The number of hydrogen-bond acceptors (Lipinski definition) is 3. The van der Waals surface area contributed by atoms with Crippen LogP contribution in [0.2, 0.25) is 0 Å². The molecule has 0 unspecified atom stereocenters. The van der Waals surface area contributed by atoms with Gasteiger partial charge in [0.25, 0.3) is 0 Å². The Labute approximate surface area is 124 Å². The molecule has 2 aromatic rings. The summed E-state index contributed by atoms with van der Waals surface area (Å²) in [6.45, 7) is 0. The lowest BCUT2D eigenvalue weighted by Gasteiger charge is -2.24. The number of carbonyl (C=O) groups excluding carboxylic acids is 1. The standard InChI is InChI=1S/C16H20N4O/c1-20-11-15(10-17-20)18-13-6-3-7-14(9-13)19-16(21)8-12-4-2-5-12/h3,6-7,9-12,18H,2,4-5,8H2,1H3,(H,19,21). The molecule has 1 aromatic heterocycles. The summed E-state index contributed by atoms with van der Waals surface area (Å²) in [4.78, 5) is 11.9. The number of hydrogen-bond donors (Lipinski definition) is 2. The molecular formula is C16H20N4O. The first-order valence-electron chi connectivity index (χ1n) is 7.34. The second-order valence-electron chi connectivity index (χ2n) is 5.66. The number of anilines is 3. The summed E-state index contributed by atoms with van der Waals surface area (Å²) in [6.07, 6.45) is 7.96. The number of nitrogens with one attached hydrogen (secondary N) is 2. The first-order chi connectivity index (χ1) is 10.2. The molecule has 0 aliphatic heterocycles. The number of aromatic nitrogens is 2. The van der Waals surface area contributed by atoms with Gasteiger partial charge in [0.1, 0.15) is 0 Å². The molecule has 0 spiro atoms. The molecule has 1 saturated carbocycles. The van der Waals surface area contributed by atoms with E-state index in [1.54, 1.807) is 10.9 Å². The third-order valence-corrected chi connectivity index (χ3v) is 3.84. The Morgan fingerprint density at radius 2 is 2.14 bits per heavy atom. The minimum atomic E-state index is 0.109. The predicted molar refractivity (Wildman–Crippen MR) is 83.5 cm³/mol. The second kappa shape index (κ2) is 5.99. The third kappa shape index (κ3) is 3.62. The highest BCUT2D eigenvalue weighted by atomic mass is 16.1. The lowest BCUT2D eigenvalue weighted by molar-refractivity contribution is -0.117. The zero-order valence-corrected chi connectivity index (χ0v) is 12.2. The van der Waals surface area contributed by atoms with Gasteiger partial charge in [-0.15, -0.1) is 0 Å². The molecule has 1 aliphatic carbocycles. The average molecular weight is 284 g/mol. The highest BCUT2D eigenvalue weighted by Gasteiger charge is 2.20. The van der Waals surface area contributed by atoms with Gasteiger partial charge < -0.3 is 10.6 Å². The van der Waals surface area contributed by atoms with E-state index in [9.17, 15) is 4.79 Å². The topological polar surface area (TPSA) is 59.0 Å². The monoisotopic (exact) mass is 284 g/mol. The van der Waals surface area contributed by atoms with Gasteiger partial charge in [0.15, 0.2) is 0 Å². The minimum Gasteiger partial charge on any atom is -0.353 e. The average Bonchev–Trinajstić information content (AvgIpc) is 2.80. The lowest BCUT2D eigenvalue weighted by Crippen LogP contribution is -2.20. The number of benzene rings is 1. The molecular weight excluding hydrogens is 264 g/mol. The first-order valence-corrected chi connectivity index (χ1v) is 7.34. The molecule has 0 radical (unpaired) electrons. The van der Waals surface area contributed by atoms with E-state index in [-0.39, 0.29) is 5.91 Å². The zero-order valence-electron chi connectivity index (χ0n) is 12.2. The van der Waals surface area contributed by atoms with Crippen LogP contribution in [0, 0.1) is 5.92 Å². The second-order valence-corrected chi connectivity index (χ2v) is 5.66. The molecule has 3 rings (SSSR count). The van der Waals surface area contributed by atoms with E-state index >= 15 is 0 Å². The van der Waals surface area contributed by atoms with Gasteiger partial charge in [-0.05, 0) is 37.0 Å². The molecule has 0 atom stereocenters. The van der Waals surface area contributed by atoms with Gasteiger partial charge in [-0.25, -0.2) is 0 Å². The van der Waals surface area contributed by atoms with E-state index in [0.717, 1.165) is 17.1 Å². The van der Waals surface area contributed by atoms with Crippen LogP contribution in [0.1, 0.15) is 25.7 Å². The fourth-order valence-electron chi connectivity index (χ4n) is 2.50. The van der Waals surface area contributed by atoms with Crippen LogP contribution in [0.5, 0.6) is 0 Å². The van der Waals surface area contributed by atoms with E-state index in [1.165, 1.54) is 19.3 Å². The van der Waals surface area contributed by atoms with Crippen molar-refractivity contribution in [3.8, 4) is 0 Å². The third-order valence-electron chi connectivity index (χ3n) is 3.84. The number of nitrogens with zero attached hydrogens (tertiary/aromatic N) is 2. The molecule has 2 N–H and O–H groups in total. The van der Waals surface area contributed by atoms with E-state index < -0.39 is 0 Å². The summed E-state index contributed by atoms with van der Waals surface area (Å²) in [7, 11) is 1.88. The van der Waals surface area contributed by atoms with E-state index in [0.29, 0.717) is 12.3 Å². The molecule has 21 heavy (non-hydrogen) atoms. The normalized spacial score (nSPS) is 14.5. The molecule has 110 valence electrons. The molecule has 0 saturated heterocycles. The Bertz CT molecular complexity index is 631. The highest BCUT2D eigenvalue weighted by molar-refractivity contribution is 5.91. The van der Waals surface area contributed by atoms with Gasteiger partial charge in [-0.1, -0.05) is 12.5 Å². The van der Waals surface area contributed by atoms with E-state index in [4.69, 9.17) is 0 Å². The quantitative estimate of drug-likeness (QED) is 0.885. The largest absolute Gasteiger partial charge is 0.353 e. The molecule has 0 bridgehead atoms. The van der Waals surface area contributed by atoms with Crippen LogP contribution in [0.15, 0.2) is 36.7 Å². The van der Waals surface area contributed by atoms with Crippen LogP contribution in [0.4, 0.5) is 17.1 Å². The Kier molecular flexibility index (Phi) is 3.90. The summed E-state index contributed by atoms with van der Waals surface area (Å²) in [5, 5.41) is 10.4. The van der Waals surface area contributed by atoms with Crippen LogP contribution in [0.25, 0.3) is 0 Å². The van der Waals surface area contributed by atoms with Gasteiger partial charge in [-0.2, -0.15) is 5.10 Å². The van der Waals surface area contributed by atoms with Crippen molar-refractivity contribution in [1.82, 2.24) is 9.78 Å². The maximum atomic E-state index is 11.9. The van der Waals surface area contributed by atoms with Crippen LogP contribution in [-0.4, -0.2) is 15.7 Å². The van der Waals surface area contributed by atoms with Crippen molar-refractivity contribution >= 4 is 23.0 Å². The van der Waals surface area contributed by atoms with Crippen LogP contribution in [0.3, 0.4) is 0 Å². The van der Waals surface area contributed by atoms with Gasteiger partial charge >= 0.3 is 0 Å². The van der Waals surface area contributed by atoms with Crippen molar-refractivity contribution in [2.24, 2.45) is 13.0 Å². The summed E-state index contributed by atoms with van der Waals surface area (Å²) in [6, 6.07) is 7.74. The molecule has 1 heterocycles. The molecule has 1 aromatic carbocycles. The minimum absolute atomic E-state index is 0.109. The molecule has 1 amide bonds. The fraction of sp³-hybridized carbons (Fsp3) is 0.375. The Hall–Kier alpha value is -2.30. The SMILES string of the molecule is Cn1cc(Nc2cccc(NC(=O)CC3CCC3)c2)cn1. The highest BCUT2D eigenvalue weighted by Crippen LogP contribution is 2.29. The summed E-state index contributed by atoms with van der Waals surface area (Å²) in [5.41, 5.74) is 2.69. The van der Waals surface area contributed by atoms with Crippen molar-refractivity contribution in [3.63, 3.8) is 0 Å². The van der Waals surface area contributed by atoms with E-state index in [1.807, 2.05) is 37.5 Å². The van der Waals surface area contributed by atoms with Crippen LogP contribution < -0.4 is 10.6 Å². The maximum Gasteiger partial charge on any atom is 0.224 e. The number of carbonyl (C=O) groups is 1. The summed E-state index contributed by atoms with van der Waals surface area (Å²) >= 11 is 0. The zero-order chi connectivity index (χ0) is 14.7. The molecule has 5 heteroatoms. The van der Waals surface area contributed by atoms with Crippen molar-refractivity contribution in [1.29, 1.82) is 0 Å². The van der Waals surface area contributed by atoms with E-state index in [2.05, 4.69) is 15.7 Å². The number of aryl methyl sites for hydroxylation is 1. The van der Waals surface area contributed by atoms with Crippen LogP contribution in [-0.2, 0) is 11.8 Å². The van der Waals surface area contributed by atoms with Crippen molar-refractivity contribution in [2.75, 3.05) is 10.6 Å². The Balaban J connectivity index is 1.60. The number of amides is 1. The molecule has 5 nitrogen and oxygen atoms in total. The fourth-order valence-corrected chi connectivity index (χ4v) is 2.50.